The monoisotopic (exact) mass is 198 g/mol. The molecule has 0 aromatic heterocycles. The minimum absolute atomic E-state index is 0.178. The Morgan fingerprint density at radius 3 is 2.21 bits per heavy atom. The topological polar surface area (TPSA) is 14.1 Å². The molecule has 0 spiro atoms. The van der Waals surface area contributed by atoms with Crippen molar-refractivity contribution >= 4 is 11.4 Å². The van der Waals surface area contributed by atoms with Gasteiger partial charge in [0.15, 0.2) is 5.70 Å². The van der Waals surface area contributed by atoms with Crippen LogP contribution < -0.4 is 15.8 Å². The SMILES string of the molecule is CC1=c2ccccc2=C(C(F)(F)F)[N]1. The molecule has 0 saturated carbocycles. The minimum atomic E-state index is -4.37. The van der Waals surface area contributed by atoms with E-state index in [1.165, 1.54) is 6.07 Å². The smallest absolute Gasteiger partial charge is 0.247 e. The molecule has 1 heterocycles. The Balaban J connectivity index is 2.81. The van der Waals surface area contributed by atoms with Crippen LogP contribution >= 0.6 is 0 Å². The Labute approximate surface area is 78.6 Å². The van der Waals surface area contributed by atoms with Gasteiger partial charge in [0.05, 0.1) is 0 Å². The van der Waals surface area contributed by atoms with Gasteiger partial charge in [-0.3, -0.25) is 0 Å². The maximum atomic E-state index is 12.5. The Morgan fingerprint density at radius 1 is 1.07 bits per heavy atom. The second-order valence-electron chi connectivity index (χ2n) is 3.09. The summed E-state index contributed by atoms with van der Waals surface area (Å²) in [6, 6.07) is 6.38. The number of nitrogens with zero attached hydrogens (tertiary/aromatic N) is 1. The van der Waals surface area contributed by atoms with E-state index in [0.29, 0.717) is 10.9 Å². The zero-order valence-electron chi connectivity index (χ0n) is 7.39. The number of halogens is 3. The molecule has 1 aliphatic rings. The molecule has 0 saturated heterocycles. The molecule has 1 nitrogen and oxygen atoms in total. The maximum absolute atomic E-state index is 12.5. The van der Waals surface area contributed by atoms with Crippen LogP contribution in [0.25, 0.3) is 11.4 Å². The van der Waals surface area contributed by atoms with Crippen molar-refractivity contribution in [1.29, 1.82) is 0 Å². The molecule has 73 valence electrons. The summed E-state index contributed by atoms with van der Waals surface area (Å²) in [4.78, 5) is 0. The molecule has 0 aliphatic carbocycles. The third-order valence-electron chi connectivity index (χ3n) is 2.12. The summed E-state index contributed by atoms with van der Waals surface area (Å²) >= 11 is 0. The molecule has 2 rings (SSSR count). The molecule has 0 N–H and O–H groups in total. The predicted molar refractivity (Wildman–Crippen MR) is 46.4 cm³/mol. The highest BCUT2D eigenvalue weighted by molar-refractivity contribution is 5.65. The summed E-state index contributed by atoms with van der Waals surface area (Å²) in [7, 11) is 0. The quantitative estimate of drug-likeness (QED) is 0.592. The van der Waals surface area contributed by atoms with Crippen LogP contribution in [0.2, 0.25) is 0 Å². The van der Waals surface area contributed by atoms with Crippen molar-refractivity contribution in [3.8, 4) is 0 Å². The first kappa shape index (κ1) is 9.12. The standard InChI is InChI=1S/C10H7F3N/c1-6-7-4-2-3-5-8(7)9(14-6)10(11,12)13/h2-5H,1H3. The number of hydrogen-bond acceptors (Lipinski definition) is 0. The Morgan fingerprint density at radius 2 is 1.64 bits per heavy atom. The lowest BCUT2D eigenvalue weighted by molar-refractivity contribution is -0.0735. The maximum Gasteiger partial charge on any atom is 0.433 e. The molecule has 0 atom stereocenters. The molecule has 0 amide bonds. The van der Waals surface area contributed by atoms with Crippen LogP contribution in [0.5, 0.6) is 0 Å². The van der Waals surface area contributed by atoms with Crippen LogP contribution in [0.3, 0.4) is 0 Å². The van der Waals surface area contributed by atoms with E-state index in [1.54, 1.807) is 25.1 Å². The predicted octanol–water partition coefficient (Wildman–Crippen LogP) is 1.10. The van der Waals surface area contributed by atoms with E-state index >= 15 is 0 Å². The molecule has 1 aromatic rings. The van der Waals surface area contributed by atoms with Gasteiger partial charge in [-0.1, -0.05) is 24.3 Å². The highest BCUT2D eigenvalue weighted by atomic mass is 19.4. The highest BCUT2D eigenvalue weighted by Crippen LogP contribution is 2.26. The van der Waals surface area contributed by atoms with Crippen LogP contribution in [0.15, 0.2) is 24.3 Å². The van der Waals surface area contributed by atoms with E-state index in [0.717, 1.165) is 0 Å². The van der Waals surface area contributed by atoms with Gasteiger partial charge in [0.2, 0.25) is 0 Å². The molecular weight excluding hydrogens is 191 g/mol. The van der Waals surface area contributed by atoms with E-state index in [2.05, 4.69) is 5.32 Å². The average Bonchev–Trinajstić information content (AvgIpc) is 2.44. The van der Waals surface area contributed by atoms with Gasteiger partial charge in [0.1, 0.15) is 0 Å². The lowest BCUT2D eigenvalue weighted by Crippen LogP contribution is -2.28. The van der Waals surface area contributed by atoms with Gasteiger partial charge in [-0.05, 0) is 6.92 Å². The van der Waals surface area contributed by atoms with Crippen LogP contribution in [0.1, 0.15) is 6.92 Å². The number of alkyl halides is 3. The first-order chi connectivity index (χ1) is 6.50. The van der Waals surface area contributed by atoms with Gasteiger partial charge >= 0.3 is 6.18 Å². The van der Waals surface area contributed by atoms with Gasteiger partial charge in [0.25, 0.3) is 0 Å². The second kappa shape index (κ2) is 2.77. The van der Waals surface area contributed by atoms with E-state index in [9.17, 15) is 13.2 Å². The van der Waals surface area contributed by atoms with Crippen molar-refractivity contribution in [3.63, 3.8) is 0 Å². The fraction of sp³-hybridized carbons (Fsp3) is 0.200. The summed E-state index contributed by atoms with van der Waals surface area (Å²) in [5, 5.41) is 4.28. The average molecular weight is 198 g/mol. The number of rotatable bonds is 0. The van der Waals surface area contributed by atoms with E-state index in [1.807, 2.05) is 0 Å². The number of benzene rings is 1. The number of hydrogen-bond donors (Lipinski definition) is 0. The van der Waals surface area contributed by atoms with Crippen molar-refractivity contribution in [2.75, 3.05) is 0 Å². The molecule has 14 heavy (non-hydrogen) atoms. The lowest BCUT2D eigenvalue weighted by Gasteiger charge is -2.06. The van der Waals surface area contributed by atoms with Crippen LogP contribution in [0.4, 0.5) is 13.2 Å². The van der Waals surface area contributed by atoms with Crippen molar-refractivity contribution in [2.45, 2.75) is 13.1 Å². The summed E-state index contributed by atoms with van der Waals surface area (Å²) in [5.41, 5.74) is -0.362. The molecular formula is C10H7F3N. The van der Waals surface area contributed by atoms with E-state index in [-0.39, 0.29) is 5.22 Å². The van der Waals surface area contributed by atoms with Crippen molar-refractivity contribution in [1.82, 2.24) is 5.32 Å². The third-order valence-corrected chi connectivity index (χ3v) is 2.12. The van der Waals surface area contributed by atoms with E-state index < -0.39 is 11.9 Å². The first-order valence-electron chi connectivity index (χ1n) is 4.09. The van der Waals surface area contributed by atoms with Crippen LogP contribution in [-0.2, 0) is 0 Å². The Kier molecular flexibility index (Phi) is 1.80. The normalized spacial score (nSPS) is 15.4. The zero-order chi connectivity index (χ0) is 10.3. The molecule has 1 aliphatic heterocycles. The fourth-order valence-corrected chi connectivity index (χ4v) is 1.51. The molecule has 1 radical (unpaired) electrons. The van der Waals surface area contributed by atoms with Crippen molar-refractivity contribution in [3.05, 3.63) is 34.7 Å². The lowest BCUT2D eigenvalue weighted by atomic mass is 10.2. The summed E-state index contributed by atoms with van der Waals surface area (Å²) in [5.74, 6) is 0. The van der Waals surface area contributed by atoms with E-state index in [4.69, 9.17) is 0 Å². The summed E-state index contributed by atoms with van der Waals surface area (Å²) < 4.78 is 37.4. The van der Waals surface area contributed by atoms with Crippen LogP contribution in [-0.4, -0.2) is 6.18 Å². The Hall–Kier alpha value is -1.45. The first-order valence-corrected chi connectivity index (χ1v) is 4.09. The number of fused-ring (bicyclic) bond motifs is 1. The van der Waals surface area contributed by atoms with Gasteiger partial charge in [-0.2, -0.15) is 13.2 Å². The largest absolute Gasteiger partial charge is 0.433 e. The second-order valence-corrected chi connectivity index (χ2v) is 3.09. The summed E-state index contributed by atoms with van der Waals surface area (Å²) in [6.07, 6.45) is -4.37. The van der Waals surface area contributed by atoms with Gasteiger partial charge in [0, 0.05) is 16.1 Å². The van der Waals surface area contributed by atoms with Gasteiger partial charge in [-0.25, -0.2) is 5.32 Å². The minimum Gasteiger partial charge on any atom is -0.247 e. The van der Waals surface area contributed by atoms with Crippen molar-refractivity contribution < 1.29 is 13.2 Å². The highest BCUT2D eigenvalue weighted by Gasteiger charge is 2.37. The zero-order valence-corrected chi connectivity index (χ0v) is 7.39. The molecule has 4 heteroatoms. The van der Waals surface area contributed by atoms with Gasteiger partial charge in [-0.15, -0.1) is 0 Å². The molecule has 0 bridgehead atoms. The molecule has 1 aromatic carbocycles. The third kappa shape index (κ3) is 1.27. The fourth-order valence-electron chi connectivity index (χ4n) is 1.51. The molecule has 0 unspecified atom stereocenters. The molecule has 0 fully saturated rings. The van der Waals surface area contributed by atoms with Gasteiger partial charge < -0.3 is 0 Å². The Bertz CT molecular complexity index is 485. The summed E-state index contributed by atoms with van der Waals surface area (Å²) in [6.45, 7) is 1.58. The van der Waals surface area contributed by atoms with Crippen LogP contribution in [0, 0.1) is 0 Å². The van der Waals surface area contributed by atoms with Crippen molar-refractivity contribution in [2.24, 2.45) is 0 Å².